The molecule has 0 radical (unpaired) electrons. The molecule has 0 spiro atoms. The molecule has 0 N–H and O–H groups in total. The fourth-order valence-electron chi connectivity index (χ4n) is 6.41. The predicted molar refractivity (Wildman–Crippen MR) is 258 cm³/mol. The molecule has 0 aliphatic carbocycles. The number of benzene rings is 1. The van der Waals surface area contributed by atoms with Crippen molar-refractivity contribution in [3.8, 4) is 5.75 Å². The third-order valence-corrected chi connectivity index (χ3v) is 27.4. The van der Waals surface area contributed by atoms with Crippen molar-refractivity contribution in [2.24, 2.45) is 17.8 Å². The highest BCUT2D eigenvalue weighted by molar-refractivity contribution is 6.75. The largest absolute Gasteiger partial charge is 0.497 e. The van der Waals surface area contributed by atoms with E-state index in [9.17, 15) is 4.79 Å². The van der Waals surface area contributed by atoms with Crippen LogP contribution in [0.3, 0.4) is 0 Å². The van der Waals surface area contributed by atoms with Gasteiger partial charge in [-0.2, -0.15) is 0 Å². The molecule has 0 aliphatic heterocycles. The topological polar surface area (TPSA) is 63.2 Å². The summed E-state index contributed by atoms with van der Waals surface area (Å²) in [5.74, 6) is 1.34. The number of carbonyl (C=O) groups is 1. The Labute approximate surface area is 362 Å². The van der Waals surface area contributed by atoms with Gasteiger partial charge in [0, 0.05) is 24.2 Å². The van der Waals surface area contributed by atoms with Crippen molar-refractivity contribution >= 4 is 30.7 Å². The smallest absolute Gasteiger partial charge is 0.192 e. The summed E-state index contributed by atoms with van der Waals surface area (Å²) in [5.41, 5.74) is 1.87. The lowest BCUT2D eigenvalue weighted by Crippen LogP contribution is -2.52. The van der Waals surface area contributed by atoms with E-state index in [4.69, 9.17) is 22.8 Å². The van der Waals surface area contributed by atoms with Crippen molar-refractivity contribution in [2.75, 3.05) is 7.11 Å². The highest BCUT2D eigenvalue weighted by Crippen LogP contribution is 2.44. The van der Waals surface area contributed by atoms with E-state index in [-0.39, 0.29) is 63.1 Å². The zero-order valence-corrected chi connectivity index (χ0v) is 44.8. The summed E-state index contributed by atoms with van der Waals surface area (Å²) in [5, 5.41) is 0.200. The van der Waals surface area contributed by atoms with Gasteiger partial charge in [0.05, 0.1) is 38.1 Å². The summed E-state index contributed by atoms with van der Waals surface area (Å²) in [6, 6.07) is 8.07. The van der Waals surface area contributed by atoms with Gasteiger partial charge in [-0.3, -0.25) is 4.79 Å². The monoisotopic (exact) mass is 861 g/mol. The Balaban J connectivity index is 3.93. The maximum absolute atomic E-state index is 12.7. The van der Waals surface area contributed by atoms with Crippen LogP contribution in [0.1, 0.15) is 142 Å². The molecule has 0 unspecified atom stereocenters. The Bertz CT molecular complexity index is 1430. The van der Waals surface area contributed by atoms with Gasteiger partial charge < -0.3 is 22.8 Å². The van der Waals surface area contributed by atoms with Gasteiger partial charge in [0.25, 0.3) is 0 Å². The molecule has 0 amide bonds. The number of allylic oxidation sites excluding steroid dienone is 1. The zero-order chi connectivity index (χ0) is 45.1. The van der Waals surface area contributed by atoms with Crippen LogP contribution in [0.2, 0.25) is 54.4 Å². The molecule has 0 bridgehead atoms. The molecule has 0 saturated carbocycles. The van der Waals surface area contributed by atoms with E-state index in [0.717, 1.165) is 36.1 Å². The van der Waals surface area contributed by atoms with E-state index >= 15 is 0 Å². The third kappa shape index (κ3) is 16.2. The first-order valence-corrected chi connectivity index (χ1v) is 31.3. The second-order valence-corrected chi connectivity index (χ2v) is 35.9. The van der Waals surface area contributed by atoms with Crippen LogP contribution in [-0.2, 0) is 29.4 Å². The van der Waals surface area contributed by atoms with E-state index in [0.29, 0.717) is 19.4 Å². The minimum Gasteiger partial charge on any atom is -0.497 e. The number of methoxy groups -OCH3 is 1. The van der Waals surface area contributed by atoms with Crippen LogP contribution in [0, 0.1) is 17.8 Å². The van der Waals surface area contributed by atoms with E-state index < -0.39 is 25.0 Å². The van der Waals surface area contributed by atoms with Crippen molar-refractivity contribution in [1.82, 2.24) is 0 Å². The summed E-state index contributed by atoms with van der Waals surface area (Å²) >= 11 is 0. The van der Waals surface area contributed by atoms with Crippen LogP contribution >= 0.6 is 0 Å². The van der Waals surface area contributed by atoms with Crippen molar-refractivity contribution in [1.29, 1.82) is 0 Å². The van der Waals surface area contributed by atoms with Crippen LogP contribution in [0.25, 0.3) is 0 Å². The number of hydrogen-bond acceptors (Lipinski definition) is 6. The fraction of sp³-hybridized carbons (Fsp3) is 0.776. The Morgan fingerprint density at radius 2 is 1.21 bits per heavy atom. The Kier molecular flexibility index (Phi) is 21.4. The molecule has 1 rings (SSSR count). The van der Waals surface area contributed by atoms with Crippen molar-refractivity contribution < 1.29 is 27.5 Å². The summed E-state index contributed by atoms with van der Waals surface area (Å²) in [4.78, 5) is 12.7. The number of carbonyl (C=O) groups excluding carboxylic acids is 1. The molecule has 0 fully saturated rings. The Morgan fingerprint density at radius 1 is 0.707 bits per heavy atom. The summed E-state index contributed by atoms with van der Waals surface area (Å²) in [7, 11) is -4.79. The van der Waals surface area contributed by atoms with Crippen LogP contribution in [0.15, 0.2) is 48.1 Å². The average Bonchev–Trinajstić information content (AvgIpc) is 3.11. The molecule has 6 nitrogen and oxygen atoms in total. The van der Waals surface area contributed by atoms with Crippen LogP contribution < -0.4 is 4.74 Å². The molecule has 9 heteroatoms. The van der Waals surface area contributed by atoms with Gasteiger partial charge in [0.15, 0.2) is 30.7 Å². The van der Waals surface area contributed by atoms with Crippen molar-refractivity contribution in [3.05, 3.63) is 53.6 Å². The van der Waals surface area contributed by atoms with Crippen LogP contribution in [0.4, 0.5) is 0 Å². The average molecular weight is 862 g/mol. The lowest BCUT2D eigenvalue weighted by atomic mass is 9.84. The number of Topliss-reactive ketones (excluding diaryl/α,β-unsaturated/α-hetero) is 1. The molecule has 0 aromatic heterocycles. The first-order valence-electron chi connectivity index (χ1n) is 22.6. The van der Waals surface area contributed by atoms with E-state index in [1.807, 2.05) is 26.0 Å². The molecule has 1 aromatic rings. The highest BCUT2D eigenvalue weighted by atomic mass is 28.4. The lowest BCUT2D eigenvalue weighted by Gasteiger charge is -2.47. The molecular formula is C49H92O6Si3. The number of hydrogen-bond donors (Lipinski definition) is 0. The summed E-state index contributed by atoms with van der Waals surface area (Å²) in [6.07, 6.45) is 10.7. The fourth-order valence-corrected chi connectivity index (χ4v) is 10.6. The van der Waals surface area contributed by atoms with Crippen molar-refractivity contribution in [3.63, 3.8) is 0 Å². The second kappa shape index (κ2) is 22.7. The van der Waals surface area contributed by atoms with Gasteiger partial charge in [-0.25, -0.2) is 0 Å². The molecule has 7 atom stereocenters. The Morgan fingerprint density at radius 3 is 1.66 bits per heavy atom. The minimum absolute atomic E-state index is 0.00570. The first kappa shape index (κ1) is 54.7. The van der Waals surface area contributed by atoms with Gasteiger partial charge in [0.1, 0.15) is 5.75 Å². The standard InChI is InChI=1S/C49H92O6Si3/c1-23-26-44(53-56(17,18)47(7,8)9)38(6)46(55-58(21,22)49(13,14)15)40(24-2)30-34-45(54-57(19,20)48(10,11)12)37(5)43(33-27-36(4)42(50)25-3)52-35-39-28-31-41(51-16)32-29-39/h27-32,34,37-38,40,43-46H,23-26,33,35H2,1-22H3/b34-30+,36-27+/t37-,38+,40+,43-,44+,45-,46+/m0/s1. The van der Waals surface area contributed by atoms with E-state index in [1.165, 1.54) is 0 Å². The predicted octanol–water partition coefficient (Wildman–Crippen LogP) is 14.7. The second-order valence-electron chi connectivity index (χ2n) is 21.7. The minimum atomic E-state index is -2.24. The third-order valence-electron chi connectivity index (χ3n) is 14.0. The number of ether oxygens (including phenoxy) is 2. The maximum atomic E-state index is 12.7. The SMILES string of the molecule is CCC[C@@H](O[Si](C)(C)C(C)(C)C)[C@@H](C)[C@@H](O[Si](C)(C)C(C)(C)C)[C@@H](/C=C/[C@H](O[Si](C)(C)C(C)(C)C)[C@@H](C)[C@H](C/C=C(\C)C(=O)CC)OCc1ccc(OC)cc1)CC. The maximum Gasteiger partial charge on any atom is 0.192 e. The molecule has 1 aromatic carbocycles. The summed E-state index contributed by atoms with van der Waals surface area (Å²) < 4.78 is 34.5. The molecule has 0 heterocycles. The quantitative estimate of drug-likeness (QED) is 0.0586. The van der Waals surface area contributed by atoms with Crippen molar-refractivity contribution in [2.45, 2.75) is 221 Å². The van der Waals surface area contributed by atoms with Gasteiger partial charge in [-0.05, 0) is 104 Å². The van der Waals surface area contributed by atoms with Gasteiger partial charge >= 0.3 is 0 Å². The van der Waals surface area contributed by atoms with Crippen LogP contribution in [-0.4, -0.2) is 62.3 Å². The molecule has 0 saturated heterocycles. The Hall–Kier alpha value is -1.34. The van der Waals surface area contributed by atoms with Gasteiger partial charge in [-0.1, -0.05) is 134 Å². The highest BCUT2D eigenvalue weighted by Gasteiger charge is 2.46. The normalized spacial score (nSPS) is 17.8. The van der Waals surface area contributed by atoms with Gasteiger partial charge in [-0.15, -0.1) is 0 Å². The summed E-state index contributed by atoms with van der Waals surface area (Å²) in [6.45, 7) is 48.7. The zero-order valence-electron chi connectivity index (χ0n) is 41.8. The molecule has 336 valence electrons. The van der Waals surface area contributed by atoms with E-state index in [2.05, 4.69) is 160 Å². The molecule has 0 aliphatic rings. The molecular weight excluding hydrogens is 769 g/mol. The lowest BCUT2D eigenvalue weighted by molar-refractivity contribution is -0.115. The number of rotatable bonds is 24. The molecule has 58 heavy (non-hydrogen) atoms. The van der Waals surface area contributed by atoms with E-state index in [1.54, 1.807) is 7.11 Å². The van der Waals surface area contributed by atoms with Crippen LogP contribution in [0.5, 0.6) is 5.75 Å². The first-order chi connectivity index (χ1) is 26.4. The van der Waals surface area contributed by atoms with Gasteiger partial charge in [0.2, 0.25) is 0 Å². The number of ketones is 1.